The van der Waals surface area contributed by atoms with Gasteiger partial charge in [-0.05, 0) is 41.7 Å². The topological polar surface area (TPSA) is 38.7 Å². The minimum absolute atomic E-state index is 0.00654. The van der Waals surface area contributed by atoms with Crippen molar-refractivity contribution < 1.29 is 14.6 Å². The van der Waals surface area contributed by atoms with Crippen LogP contribution < -0.4 is 4.74 Å². The van der Waals surface area contributed by atoms with Crippen molar-refractivity contribution in [3.05, 3.63) is 65.2 Å². The molecule has 0 amide bonds. The van der Waals surface area contributed by atoms with E-state index in [1.807, 2.05) is 30.3 Å². The van der Waals surface area contributed by atoms with E-state index < -0.39 is 0 Å². The molecule has 0 bridgehead atoms. The van der Waals surface area contributed by atoms with Gasteiger partial charge in [-0.1, -0.05) is 36.4 Å². The summed E-state index contributed by atoms with van der Waals surface area (Å²) in [5.74, 6) is 0.836. The summed E-state index contributed by atoms with van der Waals surface area (Å²) in [7, 11) is 0. The van der Waals surface area contributed by atoms with E-state index in [9.17, 15) is 0 Å². The normalized spacial score (nSPS) is 17.3. The molecule has 0 radical (unpaired) electrons. The van der Waals surface area contributed by atoms with Crippen molar-refractivity contribution in [2.75, 3.05) is 19.8 Å². The van der Waals surface area contributed by atoms with Crippen LogP contribution in [-0.4, -0.2) is 24.9 Å². The molecule has 110 valence electrons. The van der Waals surface area contributed by atoms with E-state index in [4.69, 9.17) is 14.6 Å². The molecule has 21 heavy (non-hydrogen) atoms. The van der Waals surface area contributed by atoms with Crippen LogP contribution in [0, 0.1) is 0 Å². The molecule has 1 heterocycles. The number of benzene rings is 2. The van der Waals surface area contributed by atoms with Crippen LogP contribution in [0.2, 0.25) is 0 Å². The van der Waals surface area contributed by atoms with Crippen LogP contribution in [0.3, 0.4) is 0 Å². The van der Waals surface area contributed by atoms with Crippen molar-refractivity contribution in [1.82, 2.24) is 0 Å². The summed E-state index contributed by atoms with van der Waals surface area (Å²) in [5, 5.41) is 8.91. The maximum Gasteiger partial charge on any atom is 0.119 e. The second-order valence-corrected chi connectivity index (χ2v) is 5.24. The molecule has 1 aliphatic heterocycles. The zero-order chi connectivity index (χ0) is 14.5. The molecule has 1 atom stereocenters. The number of fused-ring (bicyclic) bond motifs is 1. The highest BCUT2D eigenvalue weighted by Crippen LogP contribution is 2.27. The van der Waals surface area contributed by atoms with E-state index in [1.54, 1.807) is 0 Å². The third-order valence-corrected chi connectivity index (χ3v) is 3.82. The summed E-state index contributed by atoms with van der Waals surface area (Å²) in [6, 6.07) is 16.3. The van der Waals surface area contributed by atoms with Gasteiger partial charge in [0.2, 0.25) is 0 Å². The number of hydrogen-bond acceptors (Lipinski definition) is 3. The van der Waals surface area contributed by atoms with E-state index in [2.05, 4.69) is 18.2 Å². The third kappa shape index (κ3) is 3.43. The first-order valence-electron chi connectivity index (χ1n) is 7.39. The van der Waals surface area contributed by atoms with Crippen molar-refractivity contribution in [1.29, 1.82) is 0 Å². The van der Waals surface area contributed by atoms with Gasteiger partial charge in [0.05, 0.1) is 6.61 Å². The molecule has 2 aromatic rings. The molecule has 0 aromatic heterocycles. The summed E-state index contributed by atoms with van der Waals surface area (Å²) in [5.41, 5.74) is 3.71. The molecule has 0 saturated heterocycles. The Morgan fingerprint density at radius 1 is 1.10 bits per heavy atom. The molecule has 0 fully saturated rings. The van der Waals surface area contributed by atoms with Gasteiger partial charge in [-0.2, -0.15) is 0 Å². The monoisotopic (exact) mass is 284 g/mol. The predicted octanol–water partition coefficient (Wildman–Crippen LogP) is 2.91. The van der Waals surface area contributed by atoms with Gasteiger partial charge in [0, 0.05) is 6.61 Å². The maximum absolute atomic E-state index is 8.91. The summed E-state index contributed by atoms with van der Waals surface area (Å²) in [4.78, 5) is 0. The van der Waals surface area contributed by atoms with Gasteiger partial charge < -0.3 is 14.6 Å². The number of hydrogen-bond donors (Lipinski definition) is 1. The first-order chi connectivity index (χ1) is 10.4. The predicted molar refractivity (Wildman–Crippen MR) is 81.6 cm³/mol. The quantitative estimate of drug-likeness (QED) is 0.917. The number of aliphatic hydroxyl groups excluding tert-OH is 1. The fourth-order valence-corrected chi connectivity index (χ4v) is 2.67. The molecule has 1 N–H and O–H groups in total. The van der Waals surface area contributed by atoms with E-state index in [1.165, 1.54) is 11.1 Å². The Morgan fingerprint density at radius 3 is 2.71 bits per heavy atom. The second-order valence-electron chi connectivity index (χ2n) is 5.24. The molecule has 0 aliphatic carbocycles. The van der Waals surface area contributed by atoms with E-state index >= 15 is 0 Å². The van der Waals surface area contributed by atoms with Crippen molar-refractivity contribution in [2.45, 2.75) is 18.9 Å². The van der Waals surface area contributed by atoms with Crippen LogP contribution in [0.15, 0.2) is 48.5 Å². The Kier molecular flexibility index (Phi) is 4.53. The highest BCUT2D eigenvalue weighted by molar-refractivity contribution is 5.32. The van der Waals surface area contributed by atoms with Gasteiger partial charge in [0.25, 0.3) is 0 Å². The molecule has 0 spiro atoms. The van der Waals surface area contributed by atoms with Crippen molar-refractivity contribution in [3.63, 3.8) is 0 Å². The lowest BCUT2D eigenvalue weighted by Gasteiger charge is -2.26. The average molecular weight is 284 g/mol. The first-order valence-corrected chi connectivity index (χ1v) is 7.39. The van der Waals surface area contributed by atoms with Gasteiger partial charge >= 0.3 is 0 Å². The van der Waals surface area contributed by atoms with Gasteiger partial charge in [0.15, 0.2) is 0 Å². The zero-order valence-corrected chi connectivity index (χ0v) is 12.0. The highest BCUT2D eigenvalue weighted by atomic mass is 16.5. The number of aliphatic hydroxyl groups is 1. The summed E-state index contributed by atoms with van der Waals surface area (Å²) in [6.45, 7) is 1.45. The van der Waals surface area contributed by atoms with Crippen molar-refractivity contribution >= 4 is 0 Å². The fourth-order valence-electron chi connectivity index (χ4n) is 2.67. The van der Waals surface area contributed by atoms with Gasteiger partial charge in [-0.3, -0.25) is 0 Å². The van der Waals surface area contributed by atoms with Crippen LogP contribution >= 0.6 is 0 Å². The standard InChI is InChI=1S/C18H20O3/c19-11-9-14-5-7-16(8-6-14)21-13-18-17-4-2-1-3-15(17)10-12-20-18/h1-8,18-19H,9-13H2. The molecule has 3 rings (SSSR count). The number of ether oxygens (including phenoxy) is 2. The van der Waals surface area contributed by atoms with E-state index in [0.717, 1.165) is 24.3 Å². The van der Waals surface area contributed by atoms with Crippen molar-refractivity contribution in [3.8, 4) is 5.75 Å². The van der Waals surface area contributed by atoms with Crippen LogP contribution in [0.1, 0.15) is 22.8 Å². The fraction of sp³-hybridized carbons (Fsp3) is 0.333. The molecular formula is C18H20O3. The van der Waals surface area contributed by atoms with Gasteiger partial charge in [-0.25, -0.2) is 0 Å². The summed E-state index contributed by atoms with van der Waals surface area (Å²) >= 11 is 0. The largest absolute Gasteiger partial charge is 0.491 e. The highest BCUT2D eigenvalue weighted by Gasteiger charge is 2.20. The Bertz CT molecular complexity index is 577. The molecule has 3 nitrogen and oxygen atoms in total. The number of rotatable bonds is 5. The van der Waals surface area contributed by atoms with Gasteiger partial charge in [-0.15, -0.1) is 0 Å². The van der Waals surface area contributed by atoms with Crippen molar-refractivity contribution in [2.24, 2.45) is 0 Å². The Hall–Kier alpha value is -1.84. The first kappa shape index (κ1) is 14.1. The Balaban J connectivity index is 1.63. The summed E-state index contributed by atoms with van der Waals surface area (Å²) < 4.78 is 11.7. The van der Waals surface area contributed by atoms with E-state index in [0.29, 0.717) is 13.0 Å². The molecule has 0 saturated carbocycles. The molecular weight excluding hydrogens is 264 g/mol. The summed E-state index contributed by atoms with van der Waals surface area (Å²) in [6.07, 6.45) is 1.66. The van der Waals surface area contributed by atoms with Gasteiger partial charge in [0.1, 0.15) is 18.5 Å². The maximum atomic E-state index is 8.91. The Labute approximate surface area is 125 Å². The minimum Gasteiger partial charge on any atom is -0.491 e. The SMILES string of the molecule is OCCc1ccc(OCC2OCCc3ccccc32)cc1. The smallest absolute Gasteiger partial charge is 0.119 e. The molecule has 3 heteroatoms. The van der Waals surface area contributed by atoms with Crippen LogP contribution in [-0.2, 0) is 17.6 Å². The molecule has 1 aliphatic rings. The average Bonchev–Trinajstić information content (AvgIpc) is 2.54. The second kappa shape index (κ2) is 6.74. The molecule has 1 unspecified atom stereocenters. The lowest BCUT2D eigenvalue weighted by molar-refractivity contribution is 0.0102. The van der Waals surface area contributed by atoms with Crippen LogP contribution in [0.5, 0.6) is 5.75 Å². The third-order valence-electron chi connectivity index (χ3n) is 3.82. The molecule has 2 aromatic carbocycles. The van der Waals surface area contributed by atoms with Crippen LogP contribution in [0.25, 0.3) is 0 Å². The zero-order valence-electron chi connectivity index (χ0n) is 12.0. The lowest BCUT2D eigenvalue weighted by Crippen LogP contribution is -2.21. The van der Waals surface area contributed by atoms with Crippen LogP contribution in [0.4, 0.5) is 0 Å². The van der Waals surface area contributed by atoms with E-state index in [-0.39, 0.29) is 12.7 Å². The Morgan fingerprint density at radius 2 is 1.90 bits per heavy atom. The minimum atomic E-state index is 0.00654. The lowest BCUT2D eigenvalue weighted by atomic mass is 9.98.